The number of methoxy groups -OCH3 is 1. The number of amides is 1. The van der Waals surface area contributed by atoms with E-state index in [0.29, 0.717) is 28.1 Å². The van der Waals surface area contributed by atoms with Crippen LogP contribution in [0.2, 0.25) is 0 Å². The van der Waals surface area contributed by atoms with Crippen LogP contribution in [0.3, 0.4) is 0 Å². The second-order valence-corrected chi connectivity index (χ2v) is 7.30. The summed E-state index contributed by atoms with van der Waals surface area (Å²) in [6.07, 6.45) is 6.61. The molecule has 0 fully saturated rings. The molecule has 0 saturated heterocycles. The Morgan fingerprint density at radius 3 is 2.78 bits per heavy atom. The number of aromatic amines is 1. The predicted octanol–water partition coefficient (Wildman–Crippen LogP) is 3.79. The third kappa shape index (κ3) is 3.58. The van der Waals surface area contributed by atoms with E-state index in [2.05, 4.69) is 20.3 Å². The zero-order chi connectivity index (χ0) is 22.1. The van der Waals surface area contributed by atoms with Gasteiger partial charge in [-0.2, -0.15) is 0 Å². The summed E-state index contributed by atoms with van der Waals surface area (Å²) in [4.78, 5) is 37.3. The molecule has 8 heteroatoms. The number of ketones is 1. The van der Waals surface area contributed by atoms with E-state index in [4.69, 9.17) is 4.74 Å². The van der Waals surface area contributed by atoms with Crippen LogP contribution in [0.5, 0.6) is 5.75 Å². The zero-order valence-corrected chi connectivity index (χ0v) is 17.2. The SMILES string of the molecule is COc1ccc(C(=O)c2cn(CC(=O)Nc3ccc4nc[nH]c4c3)c3cnccc23)cc1. The summed E-state index contributed by atoms with van der Waals surface area (Å²) in [5.41, 5.74) is 4.09. The van der Waals surface area contributed by atoms with Gasteiger partial charge in [-0.3, -0.25) is 14.6 Å². The van der Waals surface area contributed by atoms with Crippen molar-refractivity contribution in [2.75, 3.05) is 12.4 Å². The van der Waals surface area contributed by atoms with Crippen LogP contribution in [0.4, 0.5) is 5.69 Å². The Morgan fingerprint density at radius 1 is 1.12 bits per heavy atom. The van der Waals surface area contributed by atoms with Gasteiger partial charge in [0.2, 0.25) is 5.91 Å². The molecule has 3 heterocycles. The molecule has 1 amide bonds. The first kappa shape index (κ1) is 19.5. The number of hydrogen-bond acceptors (Lipinski definition) is 5. The second-order valence-electron chi connectivity index (χ2n) is 7.30. The third-order valence-electron chi connectivity index (χ3n) is 5.30. The van der Waals surface area contributed by atoms with E-state index in [9.17, 15) is 9.59 Å². The summed E-state index contributed by atoms with van der Waals surface area (Å²) in [7, 11) is 1.58. The minimum Gasteiger partial charge on any atom is -0.497 e. The fourth-order valence-electron chi connectivity index (χ4n) is 3.72. The third-order valence-corrected chi connectivity index (χ3v) is 5.30. The fraction of sp³-hybridized carbons (Fsp3) is 0.0833. The van der Waals surface area contributed by atoms with Crippen molar-refractivity contribution in [1.29, 1.82) is 0 Å². The van der Waals surface area contributed by atoms with Gasteiger partial charge in [0.25, 0.3) is 0 Å². The Bertz CT molecular complexity index is 1450. The second kappa shape index (κ2) is 7.99. The number of carbonyl (C=O) groups is 2. The quantitative estimate of drug-likeness (QED) is 0.403. The molecule has 0 aliphatic carbocycles. The lowest BCUT2D eigenvalue weighted by Gasteiger charge is -2.07. The number of hydrogen-bond donors (Lipinski definition) is 2. The van der Waals surface area contributed by atoms with Gasteiger partial charge >= 0.3 is 0 Å². The maximum atomic E-state index is 13.2. The Balaban J connectivity index is 1.42. The Kier molecular flexibility index (Phi) is 4.87. The Labute approximate surface area is 182 Å². The minimum absolute atomic E-state index is 0.0408. The minimum atomic E-state index is -0.215. The van der Waals surface area contributed by atoms with Crippen LogP contribution in [0.1, 0.15) is 15.9 Å². The molecule has 0 spiro atoms. The molecule has 3 aromatic heterocycles. The number of anilines is 1. The van der Waals surface area contributed by atoms with Gasteiger partial charge in [-0.15, -0.1) is 0 Å². The highest BCUT2D eigenvalue weighted by molar-refractivity contribution is 6.16. The van der Waals surface area contributed by atoms with Gasteiger partial charge in [0, 0.05) is 34.6 Å². The molecule has 32 heavy (non-hydrogen) atoms. The molecule has 0 radical (unpaired) electrons. The highest BCUT2D eigenvalue weighted by atomic mass is 16.5. The molecule has 2 aromatic carbocycles. The van der Waals surface area contributed by atoms with Crippen molar-refractivity contribution in [3.05, 3.63) is 84.6 Å². The van der Waals surface area contributed by atoms with E-state index in [-0.39, 0.29) is 18.2 Å². The number of nitrogens with one attached hydrogen (secondary N) is 2. The summed E-state index contributed by atoms with van der Waals surface area (Å²) in [6.45, 7) is 0.0408. The zero-order valence-electron chi connectivity index (χ0n) is 17.2. The van der Waals surface area contributed by atoms with Crippen molar-refractivity contribution < 1.29 is 14.3 Å². The van der Waals surface area contributed by atoms with Gasteiger partial charge in [0.1, 0.15) is 12.3 Å². The molecule has 0 unspecified atom stereocenters. The van der Waals surface area contributed by atoms with Crippen LogP contribution in [0.15, 0.2) is 73.4 Å². The molecule has 0 aliphatic rings. The van der Waals surface area contributed by atoms with Crippen LogP contribution >= 0.6 is 0 Å². The molecule has 0 bridgehead atoms. The van der Waals surface area contributed by atoms with Gasteiger partial charge in [-0.1, -0.05) is 0 Å². The van der Waals surface area contributed by atoms with E-state index >= 15 is 0 Å². The first-order chi connectivity index (χ1) is 15.6. The molecule has 2 N–H and O–H groups in total. The summed E-state index contributed by atoms with van der Waals surface area (Å²) >= 11 is 0. The van der Waals surface area contributed by atoms with Crippen molar-refractivity contribution in [3.8, 4) is 5.75 Å². The van der Waals surface area contributed by atoms with Crippen LogP contribution in [0.25, 0.3) is 21.9 Å². The summed E-state index contributed by atoms with van der Waals surface area (Å²) in [5.74, 6) is 0.332. The molecule has 0 aliphatic heterocycles. The van der Waals surface area contributed by atoms with Gasteiger partial charge in [-0.25, -0.2) is 4.98 Å². The number of carbonyl (C=O) groups excluding carboxylic acids is 2. The lowest BCUT2D eigenvalue weighted by atomic mass is 10.0. The summed E-state index contributed by atoms with van der Waals surface area (Å²) in [5, 5.41) is 3.64. The first-order valence-electron chi connectivity index (χ1n) is 9.97. The lowest BCUT2D eigenvalue weighted by molar-refractivity contribution is -0.116. The molecule has 0 saturated carbocycles. The highest BCUT2D eigenvalue weighted by Crippen LogP contribution is 2.24. The van der Waals surface area contributed by atoms with E-state index in [1.54, 1.807) is 73.0 Å². The van der Waals surface area contributed by atoms with Gasteiger partial charge in [-0.05, 0) is 48.5 Å². The van der Waals surface area contributed by atoms with Crippen molar-refractivity contribution in [2.24, 2.45) is 0 Å². The van der Waals surface area contributed by atoms with Crippen molar-refractivity contribution in [2.45, 2.75) is 6.54 Å². The van der Waals surface area contributed by atoms with Crippen molar-refractivity contribution in [3.63, 3.8) is 0 Å². The average molecular weight is 425 g/mol. The first-order valence-corrected chi connectivity index (χ1v) is 9.97. The normalized spacial score (nSPS) is 11.0. The number of imidazole rings is 1. The van der Waals surface area contributed by atoms with E-state index in [1.807, 2.05) is 12.1 Å². The number of nitrogens with zero attached hydrogens (tertiary/aromatic N) is 3. The maximum absolute atomic E-state index is 13.2. The topological polar surface area (TPSA) is 102 Å². The van der Waals surface area contributed by atoms with E-state index in [1.165, 1.54) is 0 Å². The number of fused-ring (bicyclic) bond motifs is 2. The lowest BCUT2D eigenvalue weighted by Crippen LogP contribution is -2.18. The van der Waals surface area contributed by atoms with Crippen molar-refractivity contribution >= 4 is 39.3 Å². The number of ether oxygens (including phenoxy) is 1. The highest BCUT2D eigenvalue weighted by Gasteiger charge is 2.18. The van der Waals surface area contributed by atoms with E-state index < -0.39 is 0 Å². The van der Waals surface area contributed by atoms with E-state index in [0.717, 1.165) is 16.4 Å². The Hall–Kier alpha value is -4.46. The number of H-pyrrole nitrogens is 1. The predicted molar refractivity (Wildman–Crippen MR) is 121 cm³/mol. The van der Waals surface area contributed by atoms with Crippen molar-refractivity contribution in [1.82, 2.24) is 19.5 Å². The molecule has 5 rings (SSSR count). The summed E-state index contributed by atoms with van der Waals surface area (Å²) < 4.78 is 6.91. The van der Waals surface area contributed by atoms with Crippen LogP contribution in [-0.2, 0) is 11.3 Å². The monoisotopic (exact) mass is 425 g/mol. The number of aromatic nitrogens is 4. The van der Waals surface area contributed by atoms with Gasteiger partial charge in [0.05, 0.1) is 36.2 Å². The Morgan fingerprint density at radius 2 is 1.97 bits per heavy atom. The smallest absolute Gasteiger partial charge is 0.244 e. The molecule has 158 valence electrons. The number of rotatable bonds is 6. The molecule has 0 atom stereocenters. The number of pyridine rings is 1. The van der Waals surface area contributed by atoms with Crippen LogP contribution < -0.4 is 10.1 Å². The maximum Gasteiger partial charge on any atom is 0.244 e. The molecular weight excluding hydrogens is 406 g/mol. The molecular formula is C24H19N5O3. The van der Waals surface area contributed by atoms with Gasteiger partial charge in [0.15, 0.2) is 5.78 Å². The average Bonchev–Trinajstić information content (AvgIpc) is 3.43. The largest absolute Gasteiger partial charge is 0.497 e. The van der Waals surface area contributed by atoms with Crippen LogP contribution in [0, 0.1) is 0 Å². The molecule has 5 aromatic rings. The fourth-order valence-corrected chi connectivity index (χ4v) is 3.72. The standard InChI is InChI=1S/C24H19N5O3/c1-32-17-5-2-15(3-6-17)24(31)19-12-29(22-11-25-9-8-18(19)22)13-23(30)28-16-4-7-20-21(10-16)27-14-26-20/h2-12,14H,13H2,1H3,(H,26,27)(H,28,30). The summed E-state index contributed by atoms with van der Waals surface area (Å²) in [6, 6.07) is 14.2. The number of benzene rings is 2. The molecule has 8 nitrogen and oxygen atoms in total. The van der Waals surface area contributed by atoms with Gasteiger partial charge < -0.3 is 19.6 Å². The van der Waals surface area contributed by atoms with Crippen LogP contribution in [-0.4, -0.2) is 38.3 Å².